The molecular formula is C18H33IN4O3S2. The Balaban J connectivity index is 0.00000392. The predicted molar refractivity (Wildman–Crippen MR) is 126 cm³/mol. The Kier molecular flexibility index (Phi) is 11.9. The molecule has 1 heterocycles. The fourth-order valence-corrected chi connectivity index (χ4v) is 5.43. The summed E-state index contributed by atoms with van der Waals surface area (Å²) in [6.07, 6.45) is 7.94. The quantitative estimate of drug-likeness (QED) is 0.173. The molecule has 0 aromatic carbocycles. The van der Waals surface area contributed by atoms with Crippen LogP contribution in [0.25, 0.3) is 0 Å². The third-order valence-corrected chi connectivity index (χ3v) is 7.94. The van der Waals surface area contributed by atoms with Crippen molar-refractivity contribution in [3.05, 3.63) is 17.0 Å². The van der Waals surface area contributed by atoms with Crippen LogP contribution in [0.2, 0.25) is 0 Å². The van der Waals surface area contributed by atoms with Gasteiger partial charge < -0.3 is 15.4 Å². The molecule has 1 aromatic rings. The highest BCUT2D eigenvalue weighted by molar-refractivity contribution is 14.0. The summed E-state index contributed by atoms with van der Waals surface area (Å²) in [6, 6.07) is 3.48. The number of guanidine groups is 1. The van der Waals surface area contributed by atoms with Crippen molar-refractivity contribution in [3.8, 4) is 0 Å². The lowest BCUT2D eigenvalue weighted by molar-refractivity contribution is 0.0468. The van der Waals surface area contributed by atoms with Crippen LogP contribution >= 0.6 is 35.3 Å². The fourth-order valence-electron chi connectivity index (χ4n) is 2.97. The molecule has 0 unspecified atom stereocenters. The lowest BCUT2D eigenvalue weighted by atomic mass is 10.1. The van der Waals surface area contributed by atoms with Crippen LogP contribution in [0.1, 0.15) is 43.4 Å². The maximum absolute atomic E-state index is 12.1. The van der Waals surface area contributed by atoms with Gasteiger partial charge in [0.15, 0.2) is 5.96 Å². The van der Waals surface area contributed by atoms with Crippen molar-refractivity contribution in [3.63, 3.8) is 0 Å². The molecule has 2 N–H and O–H groups in total. The SMILES string of the molecule is CN=C(NCCOC1CCCCCC1)NCc1ccc(S(=O)(=O)N(C)C)s1.I. The first kappa shape index (κ1) is 25.6. The van der Waals surface area contributed by atoms with Crippen molar-refractivity contribution in [2.75, 3.05) is 34.3 Å². The Labute approximate surface area is 190 Å². The van der Waals surface area contributed by atoms with E-state index in [1.165, 1.54) is 68.3 Å². The van der Waals surface area contributed by atoms with Crippen LogP contribution in [-0.2, 0) is 21.3 Å². The molecule has 1 saturated carbocycles. The summed E-state index contributed by atoms with van der Waals surface area (Å²) in [4.78, 5) is 5.14. The van der Waals surface area contributed by atoms with Crippen LogP contribution < -0.4 is 10.6 Å². The summed E-state index contributed by atoms with van der Waals surface area (Å²) in [6.45, 7) is 1.88. The fraction of sp³-hybridized carbons (Fsp3) is 0.722. The highest BCUT2D eigenvalue weighted by Crippen LogP contribution is 2.23. The molecule has 0 aliphatic heterocycles. The minimum absolute atomic E-state index is 0. The zero-order chi connectivity index (χ0) is 19.7. The van der Waals surface area contributed by atoms with E-state index in [4.69, 9.17) is 4.74 Å². The van der Waals surface area contributed by atoms with Gasteiger partial charge in [-0.15, -0.1) is 35.3 Å². The summed E-state index contributed by atoms with van der Waals surface area (Å²) in [5.74, 6) is 0.685. The first-order valence-electron chi connectivity index (χ1n) is 9.51. The van der Waals surface area contributed by atoms with Gasteiger partial charge in [0.05, 0.1) is 19.3 Å². The molecule has 0 saturated heterocycles. The molecule has 10 heteroatoms. The number of thiophene rings is 1. The monoisotopic (exact) mass is 544 g/mol. The van der Waals surface area contributed by atoms with Gasteiger partial charge in [-0.25, -0.2) is 12.7 Å². The number of sulfonamides is 1. The van der Waals surface area contributed by atoms with Crippen LogP contribution in [0.5, 0.6) is 0 Å². The van der Waals surface area contributed by atoms with Gasteiger partial charge in [0.1, 0.15) is 4.21 Å². The molecule has 0 spiro atoms. The first-order valence-corrected chi connectivity index (χ1v) is 11.8. The van der Waals surface area contributed by atoms with Crippen molar-refractivity contribution in [2.45, 2.75) is 55.4 Å². The number of hydrogen-bond donors (Lipinski definition) is 2. The first-order chi connectivity index (χ1) is 12.9. The third-order valence-electron chi connectivity index (χ3n) is 4.58. The Morgan fingerprint density at radius 1 is 1.21 bits per heavy atom. The van der Waals surface area contributed by atoms with E-state index in [1.807, 2.05) is 6.07 Å². The number of nitrogens with one attached hydrogen (secondary N) is 2. The average molecular weight is 545 g/mol. The maximum atomic E-state index is 12.1. The molecule has 2 rings (SSSR count). The molecule has 7 nitrogen and oxygen atoms in total. The summed E-state index contributed by atoms with van der Waals surface area (Å²) in [5.41, 5.74) is 0. The molecule has 1 aliphatic rings. The van der Waals surface area contributed by atoms with E-state index in [9.17, 15) is 8.42 Å². The number of hydrogen-bond acceptors (Lipinski definition) is 5. The summed E-state index contributed by atoms with van der Waals surface area (Å²) in [5, 5.41) is 6.46. The zero-order valence-electron chi connectivity index (χ0n) is 16.9. The normalized spacial score (nSPS) is 16.5. The lowest BCUT2D eigenvalue weighted by Crippen LogP contribution is -2.38. The molecule has 0 atom stereocenters. The van der Waals surface area contributed by atoms with Crippen molar-refractivity contribution >= 4 is 51.3 Å². The third kappa shape index (κ3) is 8.13. The zero-order valence-corrected chi connectivity index (χ0v) is 20.9. The standard InChI is InChI=1S/C18H32N4O3S2.HI/c1-19-18(20-12-13-25-15-8-6-4-5-7-9-15)21-14-16-10-11-17(26-16)27(23,24)22(2)3;/h10-11,15H,4-9,12-14H2,1-3H3,(H2,19,20,21);1H. The largest absolute Gasteiger partial charge is 0.376 e. The minimum atomic E-state index is -3.37. The van der Waals surface area contributed by atoms with Gasteiger partial charge in [-0.3, -0.25) is 4.99 Å². The number of rotatable bonds is 8. The highest BCUT2D eigenvalue weighted by Gasteiger charge is 2.19. The average Bonchev–Trinajstić information content (AvgIpc) is 2.98. The van der Waals surface area contributed by atoms with E-state index >= 15 is 0 Å². The molecule has 28 heavy (non-hydrogen) atoms. The summed E-state index contributed by atoms with van der Waals surface area (Å²) >= 11 is 1.27. The molecule has 1 aromatic heterocycles. The molecule has 1 aliphatic carbocycles. The van der Waals surface area contributed by atoms with Crippen molar-refractivity contribution < 1.29 is 13.2 Å². The molecule has 1 fully saturated rings. The van der Waals surface area contributed by atoms with Crippen molar-refractivity contribution in [1.29, 1.82) is 0 Å². The van der Waals surface area contributed by atoms with Gasteiger partial charge >= 0.3 is 0 Å². The molecule has 0 radical (unpaired) electrons. The number of halogens is 1. The number of aliphatic imine (C=N–C) groups is 1. The van der Waals surface area contributed by atoms with E-state index in [2.05, 4.69) is 15.6 Å². The lowest BCUT2D eigenvalue weighted by Gasteiger charge is -2.16. The summed E-state index contributed by atoms with van der Waals surface area (Å²) in [7, 11) is 1.43. The molecular weight excluding hydrogens is 511 g/mol. The van der Waals surface area contributed by atoms with Gasteiger partial charge in [0.25, 0.3) is 10.0 Å². The van der Waals surface area contributed by atoms with Gasteiger partial charge in [0.2, 0.25) is 0 Å². The van der Waals surface area contributed by atoms with Crippen molar-refractivity contribution in [1.82, 2.24) is 14.9 Å². The van der Waals surface area contributed by atoms with Crippen LogP contribution in [0.3, 0.4) is 0 Å². The smallest absolute Gasteiger partial charge is 0.252 e. The predicted octanol–water partition coefficient (Wildman–Crippen LogP) is 3.02. The topological polar surface area (TPSA) is 83.0 Å². The van der Waals surface area contributed by atoms with Crippen molar-refractivity contribution in [2.24, 2.45) is 4.99 Å². The van der Waals surface area contributed by atoms with E-state index in [0.29, 0.717) is 36.0 Å². The van der Waals surface area contributed by atoms with Crippen LogP contribution in [0, 0.1) is 0 Å². The van der Waals surface area contributed by atoms with Gasteiger partial charge in [-0.2, -0.15) is 0 Å². The van der Waals surface area contributed by atoms with E-state index in [0.717, 1.165) is 4.88 Å². The van der Waals surface area contributed by atoms with Crippen LogP contribution in [0.4, 0.5) is 0 Å². The minimum Gasteiger partial charge on any atom is -0.376 e. The van der Waals surface area contributed by atoms with E-state index in [1.54, 1.807) is 13.1 Å². The molecule has 0 amide bonds. The van der Waals surface area contributed by atoms with Crippen LogP contribution in [-0.4, -0.2) is 59.1 Å². The van der Waals surface area contributed by atoms with Gasteiger partial charge in [0, 0.05) is 32.6 Å². The van der Waals surface area contributed by atoms with Crippen LogP contribution in [0.15, 0.2) is 21.3 Å². The Bertz CT molecular complexity index is 699. The second kappa shape index (κ2) is 13.0. The number of ether oxygens (including phenoxy) is 1. The molecule has 0 bridgehead atoms. The summed E-state index contributed by atoms with van der Waals surface area (Å²) < 4.78 is 31.8. The van der Waals surface area contributed by atoms with Gasteiger partial charge in [-0.1, -0.05) is 25.7 Å². The van der Waals surface area contributed by atoms with E-state index < -0.39 is 10.0 Å². The Morgan fingerprint density at radius 2 is 1.89 bits per heavy atom. The molecule has 162 valence electrons. The Morgan fingerprint density at radius 3 is 2.50 bits per heavy atom. The second-order valence-corrected chi connectivity index (χ2v) is 10.4. The second-order valence-electron chi connectivity index (χ2n) is 6.85. The van der Waals surface area contributed by atoms with E-state index in [-0.39, 0.29) is 24.0 Å². The van der Waals surface area contributed by atoms with Gasteiger partial charge in [-0.05, 0) is 25.0 Å². The maximum Gasteiger partial charge on any atom is 0.252 e. The Hall–Kier alpha value is -0.430. The highest BCUT2D eigenvalue weighted by atomic mass is 127. The number of nitrogens with zero attached hydrogens (tertiary/aromatic N) is 2.